The van der Waals surface area contributed by atoms with Gasteiger partial charge in [0.1, 0.15) is 0 Å². The van der Waals surface area contributed by atoms with E-state index in [0.717, 1.165) is 56.3 Å². The summed E-state index contributed by atoms with van der Waals surface area (Å²) in [6, 6.07) is 11.9. The summed E-state index contributed by atoms with van der Waals surface area (Å²) in [5, 5.41) is 3.55. The average molecular weight is 393 g/mol. The van der Waals surface area contributed by atoms with Gasteiger partial charge in [-0.05, 0) is 92.4 Å². The molecule has 7 rings (SSSR count). The molecule has 1 amide bonds. The van der Waals surface area contributed by atoms with Gasteiger partial charge in [-0.2, -0.15) is 0 Å². The Labute approximate surface area is 175 Å². The van der Waals surface area contributed by atoms with Crippen LogP contribution in [-0.4, -0.2) is 18.0 Å². The molecular formula is C26H36N2O. The van der Waals surface area contributed by atoms with E-state index in [1.165, 1.54) is 37.7 Å². The summed E-state index contributed by atoms with van der Waals surface area (Å²) in [5.74, 6) is 3.53. The molecule has 6 saturated carbocycles. The first kappa shape index (κ1) is 18.4. The Balaban J connectivity index is 1.29. The third-order valence-corrected chi connectivity index (χ3v) is 9.62. The van der Waals surface area contributed by atoms with Gasteiger partial charge in [0, 0.05) is 12.1 Å². The summed E-state index contributed by atoms with van der Waals surface area (Å²) in [4.78, 5) is 13.8. The van der Waals surface area contributed by atoms with Gasteiger partial charge >= 0.3 is 0 Å². The van der Waals surface area contributed by atoms with Gasteiger partial charge in [-0.25, -0.2) is 0 Å². The molecule has 5 atom stereocenters. The zero-order valence-electron chi connectivity index (χ0n) is 17.6. The first-order valence-corrected chi connectivity index (χ1v) is 12.2. The van der Waals surface area contributed by atoms with Crippen molar-refractivity contribution in [2.75, 3.05) is 0 Å². The maximum atomic E-state index is 13.8. The van der Waals surface area contributed by atoms with Gasteiger partial charge in [-0.15, -0.1) is 0 Å². The van der Waals surface area contributed by atoms with Crippen LogP contribution in [0.2, 0.25) is 0 Å². The second kappa shape index (κ2) is 6.57. The SMILES string of the molecule is NC1CCC(NC(=O)C23CC4CC(c5ccccc5)(CC2C4CC2CC2)C3)CC1. The minimum Gasteiger partial charge on any atom is -0.353 e. The van der Waals surface area contributed by atoms with Crippen molar-refractivity contribution < 1.29 is 4.79 Å². The molecule has 0 heterocycles. The van der Waals surface area contributed by atoms with E-state index in [1.807, 2.05) is 0 Å². The predicted octanol–water partition coefficient (Wildman–Crippen LogP) is 4.55. The summed E-state index contributed by atoms with van der Waals surface area (Å²) in [7, 11) is 0. The average Bonchev–Trinajstić information content (AvgIpc) is 3.49. The first-order chi connectivity index (χ1) is 14.1. The van der Waals surface area contributed by atoms with Crippen molar-refractivity contribution in [1.82, 2.24) is 5.32 Å². The monoisotopic (exact) mass is 392 g/mol. The van der Waals surface area contributed by atoms with E-state index in [-0.39, 0.29) is 10.8 Å². The van der Waals surface area contributed by atoms with Crippen LogP contribution >= 0.6 is 0 Å². The molecule has 0 radical (unpaired) electrons. The molecular weight excluding hydrogens is 356 g/mol. The fourth-order valence-corrected chi connectivity index (χ4v) is 8.20. The van der Waals surface area contributed by atoms with E-state index in [0.29, 0.717) is 23.9 Å². The lowest BCUT2D eigenvalue weighted by molar-refractivity contribution is -0.134. The Morgan fingerprint density at radius 1 is 1.00 bits per heavy atom. The molecule has 0 aromatic heterocycles. The number of hydrogen-bond acceptors (Lipinski definition) is 2. The molecule has 4 bridgehead atoms. The van der Waals surface area contributed by atoms with Crippen LogP contribution in [0.5, 0.6) is 0 Å². The minimum absolute atomic E-state index is 0.0993. The highest BCUT2D eigenvalue weighted by Crippen LogP contribution is 2.74. The van der Waals surface area contributed by atoms with E-state index in [2.05, 4.69) is 35.6 Å². The summed E-state index contributed by atoms with van der Waals surface area (Å²) in [6.45, 7) is 0. The second-order valence-electron chi connectivity index (χ2n) is 11.4. The third kappa shape index (κ3) is 2.91. The van der Waals surface area contributed by atoms with Gasteiger partial charge in [-0.3, -0.25) is 4.79 Å². The number of nitrogens with two attached hydrogens (primary N) is 1. The molecule has 1 aromatic carbocycles. The summed E-state index contributed by atoms with van der Waals surface area (Å²) < 4.78 is 0. The lowest BCUT2D eigenvalue weighted by Crippen LogP contribution is -2.49. The number of rotatable bonds is 5. The highest BCUT2D eigenvalue weighted by atomic mass is 16.2. The fourth-order valence-electron chi connectivity index (χ4n) is 8.20. The van der Waals surface area contributed by atoms with Crippen LogP contribution < -0.4 is 11.1 Å². The van der Waals surface area contributed by atoms with Crippen LogP contribution in [0.4, 0.5) is 0 Å². The summed E-state index contributed by atoms with van der Waals surface area (Å²) >= 11 is 0. The number of nitrogens with one attached hydrogen (secondary N) is 1. The molecule has 6 fully saturated rings. The molecule has 3 N–H and O–H groups in total. The molecule has 156 valence electrons. The molecule has 29 heavy (non-hydrogen) atoms. The largest absolute Gasteiger partial charge is 0.353 e. The normalized spacial score (nSPS) is 45.5. The first-order valence-electron chi connectivity index (χ1n) is 12.2. The Kier molecular flexibility index (Phi) is 4.18. The van der Waals surface area contributed by atoms with Gasteiger partial charge < -0.3 is 11.1 Å². The molecule has 3 heteroatoms. The van der Waals surface area contributed by atoms with Crippen LogP contribution in [0.15, 0.2) is 30.3 Å². The van der Waals surface area contributed by atoms with Crippen LogP contribution in [0.25, 0.3) is 0 Å². The van der Waals surface area contributed by atoms with Crippen molar-refractivity contribution in [1.29, 1.82) is 0 Å². The summed E-state index contributed by atoms with van der Waals surface area (Å²) in [6.07, 6.45) is 13.3. The molecule has 6 aliphatic rings. The maximum absolute atomic E-state index is 13.8. The second-order valence-corrected chi connectivity index (χ2v) is 11.4. The van der Waals surface area contributed by atoms with Crippen LogP contribution in [0.3, 0.4) is 0 Å². The van der Waals surface area contributed by atoms with E-state index in [1.54, 1.807) is 0 Å². The molecule has 0 saturated heterocycles. The van der Waals surface area contributed by atoms with Gasteiger partial charge in [-0.1, -0.05) is 43.2 Å². The van der Waals surface area contributed by atoms with Gasteiger partial charge in [0.05, 0.1) is 5.41 Å². The topological polar surface area (TPSA) is 55.1 Å². The van der Waals surface area contributed by atoms with E-state index < -0.39 is 0 Å². The van der Waals surface area contributed by atoms with Crippen molar-refractivity contribution in [2.24, 2.45) is 34.8 Å². The van der Waals surface area contributed by atoms with Gasteiger partial charge in [0.25, 0.3) is 0 Å². The summed E-state index contributed by atoms with van der Waals surface area (Å²) in [5.41, 5.74) is 7.75. The zero-order valence-corrected chi connectivity index (χ0v) is 17.6. The lowest BCUT2D eigenvalue weighted by Gasteiger charge is -2.43. The number of carbonyl (C=O) groups is 1. The van der Waals surface area contributed by atoms with Crippen LogP contribution in [0.1, 0.15) is 76.2 Å². The minimum atomic E-state index is -0.0993. The van der Waals surface area contributed by atoms with E-state index >= 15 is 0 Å². The molecule has 5 unspecified atom stereocenters. The standard InChI is InChI=1S/C26H36N2O/c27-20-8-10-21(11-9-20)28-24(29)26-14-18-13-25(16-26,19-4-2-1-3-5-19)15-23(26)22(18)12-17-6-7-17/h1-5,17-18,20-23H,6-16,27H2,(H,28,29). The Bertz CT molecular complexity index is 781. The molecule has 1 aromatic rings. The Morgan fingerprint density at radius 2 is 1.76 bits per heavy atom. The number of hydrogen-bond donors (Lipinski definition) is 2. The highest BCUT2D eigenvalue weighted by molar-refractivity contribution is 5.85. The molecule has 0 spiro atoms. The van der Waals surface area contributed by atoms with E-state index in [9.17, 15) is 4.79 Å². The predicted molar refractivity (Wildman–Crippen MR) is 115 cm³/mol. The van der Waals surface area contributed by atoms with Crippen molar-refractivity contribution in [3.05, 3.63) is 35.9 Å². The van der Waals surface area contributed by atoms with Crippen molar-refractivity contribution in [2.45, 2.75) is 88.1 Å². The van der Waals surface area contributed by atoms with Crippen molar-refractivity contribution in [3.63, 3.8) is 0 Å². The van der Waals surface area contributed by atoms with Crippen molar-refractivity contribution in [3.8, 4) is 0 Å². The number of carbonyl (C=O) groups excluding carboxylic acids is 1. The maximum Gasteiger partial charge on any atom is 0.226 e. The van der Waals surface area contributed by atoms with Crippen molar-refractivity contribution >= 4 is 5.91 Å². The smallest absolute Gasteiger partial charge is 0.226 e. The Hall–Kier alpha value is -1.35. The Morgan fingerprint density at radius 3 is 2.48 bits per heavy atom. The zero-order chi connectivity index (χ0) is 19.6. The van der Waals surface area contributed by atoms with Crippen LogP contribution in [-0.2, 0) is 10.2 Å². The molecule has 6 aliphatic carbocycles. The third-order valence-electron chi connectivity index (χ3n) is 9.62. The van der Waals surface area contributed by atoms with Gasteiger partial charge in [0.2, 0.25) is 5.91 Å². The fraction of sp³-hybridized carbons (Fsp3) is 0.731. The van der Waals surface area contributed by atoms with Gasteiger partial charge in [0.15, 0.2) is 0 Å². The lowest BCUT2D eigenvalue weighted by atomic mass is 9.61. The molecule has 0 aliphatic heterocycles. The van der Waals surface area contributed by atoms with Crippen LogP contribution in [0, 0.1) is 29.1 Å². The molecule has 3 nitrogen and oxygen atoms in total. The number of amides is 1. The quantitative estimate of drug-likeness (QED) is 0.772. The highest BCUT2D eigenvalue weighted by Gasteiger charge is 2.70. The number of benzene rings is 1. The van der Waals surface area contributed by atoms with E-state index in [4.69, 9.17) is 5.73 Å².